The van der Waals surface area contributed by atoms with Crippen molar-refractivity contribution in [1.29, 1.82) is 5.41 Å². The van der Waals surface area contributed by atoms with Crippen molar-refractivity contribution in [2.24, 2.45) is 22.7 Å². The van der Waals surface area contributed by atoms with Crippen LogP contribution in [0.5, 0.6) is 5.75 Å². The number of ketones is 1. The van der Waals surface area contributed by atoms with Gasteiger partial charge in [-0.3, -0.25) is 14.5 Å². The van der Waals surface area contributed by atoms with Crippen LogP contribution < -0.4 is 11.5 Å². The number of anilines is 1. The number of nitrogens with two attached hydrogens (primary N) is 2. The third kappa shape index (κ3) is 3.58. The molecule has 0 aromatic heterocycles. The summed E-state index contributed by atoms with van der Waals surface area (Å²) < 4.78 is 0. The number of carbonyl (C=O) groups is 2. The van der Waals surface area contributed by atoms with Gasteiger partial charge in [-0.25, -0.2) is 0 Å². The van der Waals surface area contributed by atoms with Crippen LogP contribution in [0.4, 0.5) is 5.69 Å². The van der Waals surface area contributed by atoms with Gasteiger partial charge in [0.2, 0.25) is 0 Å². The van der Waals surface area contributed by atoms with Crippen molar-refractivity contribution in [2.45, 2.75) is 38.3 Å². The molecule has 4 rings (SSSR count). The number of likely N-dealkylation sites (N-methyl/N-ethyl adjacent to an activating group) is 1. The number of aliphatic hydroxyl groups is 3. The van der Waals surface area contributed by atoms with Crippen molar-refractivity contribution in [3.8, 4) is 5.75 Å². The fourth-order valence-corrected chi connectivity index (χ4v) is 5.92. The lowest BCUT2D eigenvalue weighted by Gasteiger charge is -2.51. The number of Topliss-reactive ketones (excluding diaryl/α,β-unsaturated/α-hetero) is 1. The number of phenolic OH excluding ortho intramolecular Hbond substituents is 1. The topological polar surface area (TPSA) is 216 Å². The van der Waals surface area contributed by atoms with Gasteiger partial charge in [-0.05, 0) is 58.3 Å². The molecule has 0 saturated heterocycles. The first-order valence-electron chi connectivity index (χ1n) is 11.8. The van der Waals surface area contributed by atoms with E-state index in [0.717, 1.165) is 0 Å². The molecule has 1 amide bonds. The lowest BCUT2D eigenvalue weighted by atomic mass is 9.58. The van der Waals surface area contributed by atoms with Crippen molar-refractivity contribution in [2.75, 3.05) is 26.4 Å². The molecule has 4 atom stereocenters. The van der Waals surface area contributed by atoms with Crippen molar-refractivity contribution in [3.63, 3.8) is 0 Å². The summed E-state index contributed by atoms with van der Waals surface area (Å²) in [7, 11) is 3.22. The second-order valence-electron chi connectivity index (χ2n) is 9.82. The standard InChI is InChI=1S/C25H31N5O7/c1-5-37-29-9(2)11-8-14(26)19(31)16-12(11)6-10-7-13-18(30(3)4)21(33)17(24(28)35)22(27)25(13,36)23(34)15(10)20(16)32/h8,10,13,18,27,31,33-34,36H,5-7,26H2,1-4H3,(H2,28,35)/b27-22?,29-9+/t10-,13-,18-,25+/m0/s1. The van der Waals surface area contributed by atoms with E-state index in [4.69, 9.17) is 21.7 Å². The van der Waals surface area contributed by atoms with Crippen molar-refractivity contribution in [1.82, 2.24) is 4.90 Å². The maximum absolute atomic E-state index is 13.8. The normalized spacial score (nSPS) is 27.7. The molecular weight excluding hydrogens is 482 g/mol. The highest BCUT2D eigenvalue weighted by Gasteiger charge is 2.61. The van der Waals surface area contributed by atoms with Crippen molar-refractivity contribution in [3.05, 3.63) is 45.4 Å². The first kappa shape index (κ1) is 26.2. The number of benzene rings is 1. The van der Waals surface area contributed by atoms with E-state index in [1.807, 2.05) is 0 Å². The minimum Gasteiger partial charge on any atom is -0.510 e. The summed E-state index contributed by atoms with van der Waals surface area (Å²) in [4.78, 5) is 32.6. The molecule has 0 aliphatic heterocycles. The number of aliphatic hydroxyl groups excluding tert-OH is 2. The van der Waals surface area contributed by atoms with E-state index < -0.39 is 63.7 Å². The zero-order valence-corrected chi connectivity index (χ0v) is 21.0. The van der Waals surface area contributed by atoms with E-state index in [2.05, 4.69) is 5.16 Å². The number of nitrogen functional groups attached to an aromatic ring is 1. The zero-order valence-electron chi connectivity index (χ0n) is 21.0. The van der Waals surface area contributed by atoms with Crippen molar-refractivity contribution >= 4 is 28.8 Å². The lowest BCUT2D eigenvalue weighted by Crippen LogP contribution is -2.63. The number of fused-ring (bicyclic) bond motifs is 3. The summed E-state index contributed by atoms with van der Waals surface area (Å²) in [5.74, 6) is -5.33. The second-order valence-corrected chi connectivity index (χ2v) is 9.82. The number of hydrogen-bond acceptors (Lipinski definition) is 11. The predicted octanol–water partition coefficient (Wildman–Crippen LogP) is 0.914. The molecule has 0 saturated carbocycles. The molecule has 3 aliphatic rings. The number of phenols is 1. The van der Waals surface area contributed by atoms with E-state index in [1.165, 1.54) is 6.07 Å². The Balaban J connectivity index is 1.97. The molecule has 0 fully saturated rings. The lowest BCUT2D eigenvalue weighted by molar-refractivity contribution is -0.114. The van der Waals surface area contributed by atoms with Crippen LogP contribution in [0, 0.1) is 17.2 Å². The number of allylic oxidation sites excluding steroid dienone is 1. The maximum Gasteiger partial charge on any atom is 0.254 e. The summed E-state index contributed by atoms with van der Waals surface area (Å²) in [6.45, 7) is 3.76. The number of nitrogens with one attached hydrogen (secondary N) is 1. The zero-order chi connectivity index (χ0) is 27.6. The summed E-state index contributed by atoms with van der Waals surface area (Å²) in [5, 5.41) is 57.4. The molecule has 3 aliphatic carbocycles. The number of aromatic hydroxyl groups is 1. The Morgan fingerprint density at radius 2 is 1.97 bits per heavy atom. The molecule has 1 aromatic carbocycles. The van der Waals surface area contributed by atoms with Crippen LogP contribution in [0.3, 0.4) is 0 Å². The van der Waals surface area contributed by atoms with Gasteiger partial charge >= 0.3 is 0 Å². The van der Waals surface area contributed by atoms with Crippen LogP contribution in [0.25, 0.3) is 0 Å². The van der Waals surface area contributed by atoms with Gasteiger partial charge in [0, 0.05) is 17.1 Å². The summed E-state index contributed by atoms with van der Waals surface area (Å²) in [6, 6.07) is 0.516. The van der Waals surface area contributed by atoms with E-state index in [9.17, 15) is 30.0 Å². The summed E-state index contributed by atoms with van der Waals surface area (Å²) >= 11 is 0. The van der Waals surface area contributed by atoms with Gasteiger partial charge in [-0.2, -0.15) is 0 Å². The first-order chi connectivity index (χ1) is 17.3. The highest BCUT2D eigenvalue weighted by Crippen LogP contribution is 2.53. The Kier molecular flexibility index (Phi) is 6.29. The number of rotatable bonds is 5. The molecule has 37 heavy (non-hydrogen) atoms. The van der Waals surface area contributed by atoms with Gasteiger partial charge in [-0.1, -0.05) is 5.16 Å². The monoisotopic (exact) mass is 513 g/mol. The molecular formula is C25H31N5O7. The SMILES string of the molecule is CCO/N=C(\C)c1cc(N)c(O)c2c1C[C@H]1C[C@H]3[C@H](N(C)C)C(O)=C(C(N)=O)C(=N)[C@@]3(O)C(O)=C1C2=O. The molecule has 9 N–H and O–H groups in total. The maximum atomic E-state index is 13.8. The average molecular weight is 514 g/mol. The molecule has 198 valence electrons. The third-order valence-corrected chi connectivity index (χ3v) is 7.53. The minimum absolute atomic E-state index is 0.0641. The van der Waals surface area contributed by atoms with Gasteiger partial charge in [0.1, 0.15) is 29.4 Å². The van der Waals surface area contributed by atoms with Crippen LogP contribution in [0.15, 0.2) is 33.9 Å². The van der Waals surface area contributed by atoms with Gasteiger partial charge in [0.05, 0.1) is 28.7 Å². The first-order valence-corrected chi connectivity index (χ1v) is 11.8. The largest absolute Gasteiger partial charge is 0.510 e. The van der Waals surface area contributed by atoms with Crippen LogP contribution in [0.1, 0.15) is 41.8 Å². The Labute approximate surface area is 213 Å². The molecule has 0 radical (unpaired) electrons. The van der Waals surface area contributed by atoms with Gasteiger partial charge in [-0.15, -0.1) is 0 Å². The molecule has 1 aromatic rings. The molecule has 0 heterocycles. The Hall–Kier alpha value is -3.90. The second kappa shape index (κ2) is 8.89. The number of hydrogen-bond donors (Lipinski definition) is 7. The van der Waals surface area contributed by atoms with Crippen LogP contribution in [-0.2, 0) is 16.1 Å². The van der Waals surface area contributed by atoms with E-state index in [1.54, 1.807) is 32.8 Å². The van der Waals surface area contributed by atoms with Crippen molar-refractivity contribution < 1.29 is 34.9 Å². The number of carbonyl (C=O) groups excluding carboxylic acids is 2. The van der Waals surface area contributed by atoms with Gasteiger partial charge in [0.15, 0.2) is 11.4 Å². The smallest absolute Gasteiger partial charge is 0.254 e. The van der Waals surface area contributed by atoms with E-state index in [-0.39, 0.29) is 29.7 Å². The van der Waals surface area contributed by atoms with Gasteiger partial charge < -0.3 is 42.1 Å². The molecule has 12 nitrogen and oxygen atoms in total. The highest BCUT2D eigenvalue weighted by atomic mass is 16.6. The Morgan fingerprint density at radius 1 is 1.32 bits per heavy atom. The quantitative estimate of drug-likeness (QED) is 0.129. The Morgan fingerprint density at radius 3 is 2.54 bits per heavy atom. The number of amides is 1. The molecule has 0 bridgehead atoms. The van der Waals surface area contributed by atoms with Crippen LogP contribution in [0.2, 0.25) is 0 Å². The van der Waals surface area contributed by atoms with E-state index >= 15 is 0 Å². The number of nitrogens with zero attached hydrogens (tertiary/aromatic N) is 2. The van der Waals surface area contributed by atoms with Crippen LogP contribution in [-0.4, -0.2) is 80.8 Å². The summed E-state index contributed by atoms with van der Waals surface area (Å²) in [6.07, 6.45) is 0.227. The summed E-state index contributed by atoms with van der Waals surface area (Å²) in [5.41, 5.74) is 8.49. The van der Waals surface area contributed by atoms with Crippen LogP contribution >= 0.6 is 0 Å². The fourth-order valence-electron chi connectivity index (χ4n) is 5.92. The third-order valence-electron chi connectivity index (χ3n) is 7.53. The molecule has 0 unspecified atom stereocenters. The fraction of sp³-hybridized carbons (Fsp3) is 0.440. The van der Waals surface area contributed by atoms with E-state index in [0.29, 0.717) is 23.4 Å². The van der Waals surface area contributed by atoms with Gasteiger partial charge in [0.25, 0.3) is 5.91 Å². The molecule has 12 heteroatoms. The minimum atomic E-state index is -2.48. The Bertz CT molecular complexity index is 1330. The molecule has 0 spiro atoms. The number of oxime groups is 1. The highest BCUT2D eigenvalue weighted by molar-refractivity contribution is 6.26. The average Bonchev–Trinajstić information content (AvgIpc) is 2.81. The number of primary amides is 1. The predicted molar refractivity (Wildman–Crippen MR) is 135 cm³/mol.